The van der Waals surface area contributed by atoms with Crippen molar-refractivity contribution in [2.45, 2.75) is 6.42 Å². The zero-order valence-corrected chi connectivity index (χ0v) is 12.1. The van der Waals surface area contributed by atoms with Crippen molar-refractivity contribution in [1.82, 2.24) is 4.90 Å². The first-order chi connectivity index (χ1) is 8.93. The third kappa shape index (κ3) is 4.96. The van der Waals surface area contributed by atoms with Crippen molar-refractivity contribution in [3.8, 4) is 0 Å². The first kappa shape index (κ1) is 15.6. The van der Waals surface area contributed by atoms with Gasteiger partial charge in [0.2, 0.25) is 0 Å². The number of hydrogen-bond acceptors (Lipinski definition) is 3. The van der Waals surface area contributed by atoms with E-state index in [0.717, 1.165) is 0 Å². The van der Waals surface area contributed by atoms with E-state index < -0.39 is 0 Å². The Kier molecular flexibility index (Phi) is 5.92. The van der Waals surface area contributed by atoms with Gasteiger partial charge in [-0.25, -0.2) is 4.79 Å². The quantitative estimate of drug-likeness (QED) is 0.870. The van der Waals surface area contributed by atoms with Crippen LogP contribution in [0.1, 0.15) is 6.42 Å². The van der Waals surface area contributed by atoms with E-state index in [9.17, 15) is 9.59 Å². The summed E-state index contributed by atoms with van der Waals surface area (Å²) in [5, 5.41) is 3.47. The number of ether oxygens (including phenoxy) is 1. The van der Waals surface area contributed by atoms with Crippen molar-refractivity contribution in [3.05, 3.63) is 28.2 Å². The molecule has 0 saturated heterocycles. The predicted octanol–water partition coefficient (Wildman–Crippen LogP) is 3.02. The Morgan fingerprint density at radius 2 is 2.05 bits per heavy atom. The highest BCUT2D eigenvalue weighted by molar-refractivity contribution is 6.35. The second-order valence-electron chi connectivity index (χ2n) is 3.80. The highest BCUT2D eigenvalue weighted by Gasteiger charge is 2.12. The Hall–Kier alpha value is -1.46. The minimum atomic E-state index is -0.381. The van der Waals surface area contributed by atoms with Crippen LogP contribution in [0.25, 0.3) is 0 Å². The minimum Gasteiger partial charge on any atom is -0.469 e. The van der Waals surface area contributed by atoms with Crippen molar-refractivity contribution in [2.24, 2.45) is 0 Å². The predicted molar refractivity (Wildman–Crippen MR) is 74.7 cm³/mol. The molecule has 104 valence electrons. The van der Waals surface area contributed by atoms with Gasteiger partial charge in [0.15, 0.2) is 0 Å². The lowest BCUT2D eigenvalue weighted by Crippen LogP contribution is -2.33. The van der Waals surface area contributed by atoms with Gasteiger partial charge in [0.25, 0.3) is 0 Å². The third-order valence-corrected chi connectivity index (χ3v) is 2.96. The van der Waals surface area contributed by atoms with Gasteiger partial charge in [-0.05, 0) is 18.2 Å². The molecule has 0 bridgehead atoms. The Morgan fingerprint density at radius 1 is 1.37 bits per heavy atom. The molecule has 0 heterocycles. The number of nitrogens with zero attached hydrogens (tertiary/aromatic N) is 1. The molecule has 1 aromatic rings. The lowest BCUT2D eigenvalue weighted by molar-refractivity contribution is -0.140. The number of hydrogen-bond donors (Lipinski definition) is 1. The maximum Gasteiger partial charge on any atom is 0.321 e. The molecular formula is C12H14Cl2N2O3. The number of anilines is 1. The van der Waals surface area contributed by atoms with Gasteiger partial charge in [-0.3, -0.25) is 4.79 Å². The van der Waals surface area contributed by atoms with E-state index in [1.807, 2.05) is 0 Å². The van der Waals surface area contributed by atoms with Crippen LogP contribution in [0.15, 0.2) is 18.2 Å². The van der Waals surface area contributed by atoms with Gasteiger partial charge < -0.3 is 15.0 Å². The average Bonchev–Trinajstić information content (AvgIpc) is 2.39. The highest BCUT2D eigenvalue weighted by atomic mass is 35.5. The first-order valence-corrected chi connectivity index (χ1v) is 6.23. The lowest BCUT2D eigenvalue weighted by atomic mass is 10.3. The van der Waals surface area contributed by atoms with Gasteiger partial charge in [-0.2, -0.15) is 0 Å². The summed E-state index contributed by atoms with van der Waals surface area (Å²) in [7, 11) is 2.87. The summed E-state index contributed by atoms with van der Waals surface area (Å²) >= 11 is 11.7. The summed E-state index contributed by atoms with van der Waals surface area (Å²) in [6, 6.07) is 4.39. The topological polar surface area (TPSA) is 58.6 Å². The number of halogens is 2. The summed E-state index contributed by atoms with van der Waals surface area (Å²) in [5.74, 6) is -0.375. The number of amides is 2. The summed E-state index contributed by atoms with van der Waals surface area (Å²) in [6.07, 6.45) is 0.129. The molecule has 0 spiro atoms. The number of rotatable bonds is 4. The van der Waals surface area contributed by atoms with Crippen LogP contribution < -0.4 is 5.32 Å². The number of carbonyl (C=O) groups excluding carboxylic acids is 2. The smallest absolute Gasteiger partial charge is 0.321 e. The molecule has 2 amide bonds. The second-order valence-corrected chi connectivity index (χ2v) is 4.65. The van der Waals surface area contributed by atoms with Crippen LogP contribution in [0, 0.1) is 0 Å². The summed E-state index contributed by atoms with van der Waals surface area (Å²) in [5.41, 5.74) is 0.420. The van der Waals surface area contributed by atoms with E-state index in [1.165, 1.54) is 12.0 Å². The standard InChI is InChI=1S/C12H14Cl2N2O3/c1-16(6-5-11(17)19-2)12(18)15-10-7-8(13)3-4-9(10)14/h3-4,7H,5-6H2,1-2H3,(H,15,18). The summed E-state index contributed by atoms with van der Waals surface area (Å²) in [6.45, 7) is 0.247. The molecule has 1 rings (SSSR count). The number of nitrogens with one attached hydrogen (secondary N) is 1. The van der Waals surface area contributed by atoms with E-state index >= 15 is 0 Å². The van der Waals surface area contributed by atoms with Crippen LogP contribution >= 0.6 is 23.2 Å². The normalized spacial score (nSPS) is 9.89. The molecule has 0 aromatic heterocycles. The Morgan fingerprint density at radius 3 is 2.68 bits per heavy atom. The molecule has 0 atom stereocenters. The molecule has 0 fully saturated rings. The van der Waals surface area contributed by atoms with Gasteiger partial charge >= 0.3 is 12.0 Å². The van der Waals surface area contributed by atoms with Crippen LogP contribution in [0.4, 0.5) is 10.5 Å². The Balaban J connectivity index is 2.58. The molecule has 0 unspecified atom stereocenters. The van der Waals surface area contributed by atoms with Crippen molar-refractivity contribution < 1.29 is 14.3 Å². The largest absolute Gasteiger partial charge is 0.469 e. The molecule has 19 heavy (non-hydrogen) atoms. The number of methoxy groups -OCH3 is 1. The number of esters is 1. The third-order valence-electron chi connectivity index (χ3n) is 2.40. The van der Waals surface area contributed by atoms with E-state index in [0.29, 0.717) is 15.7 Å². The van der Waals surface area contributed by atoms with E-state index in [2.05, 4.69) is 10.1 Å². The van der Waals surface area contributed by atoms with Gasteiger partial charge in [0, 0.05) is 18.6 Å². The fourth-order valence-electron chi connectivity index (χ4n) is 1.27. The highest BCUT2D eigenvalue weighted by Crippen LogP contribution is 2.25. The summed E-state index contributed by atoms with van der Waals surface area (Å²) < 4.78 is 4.50. The molecular weight excluding hydrogens is 291 g/mol. The molecule has 0 saturated carbocycles. The maximum absolute atomic E-state index is 11.8. The first-order valence-electron chi connectivity index (χ1n) is 5.48. The summed E-state index contributed by atoms with van der Waals surface area (Å²) in [4.78, 5) is 24.2. The Bertz CT molecular complexity index is 480. The van der Waals surface area contributed by atoms with Crippen LogP contribution in [0.2, 0.25) is 10.0 Å². The van der Waals surface area contributed by atoms with Gasteiger partial charge in [-0.15, -0.1) is 0 Å². The fraction of sp³-hybridized carbons (Fsp3) is 0.333. The SMILES string of the molecule is COC(=O)CCN(C)C(=O)Nc1cc(Cl)ccc1Cl. The Labute approximate surface area is 121 Å². The van der Waals surface area contributed by atoms with Crippen molar-refractivity contribution >= 4 is 40.9 Å². The molecule has 1 aromatic carbocycles. The maximum atomic E-state index is 11.8. The van der Waals surface area contributed by atoms with E-state index in [1.54, 1.807) is 25.2 Å². The zero-order valence-electron chi connectivity index (χ0n) is 10.6. The molecule has 0 aliphatic rings. The monoisotopic (exact) mass is 304 g/mol. The fourth-order valence-corrected chi connectivity index (χ4v) is 1.60. The van der Waals surface area contributed by atoms with Crippen LogP contribution in [-0.2, 0) is 9.53 Å². The average molecular weight is 305 g/mol. The number of carbonyl (C=O) groups is 2. The molecule has 0 aliphatic heterocycles. The van der Waals surface area contributed by atoms with E-state index in [-0.39, 0.29) is 25.0 Å². The number of urea groups is 1. The second kappa shape index (κ2) is 7.21. The molecule has 0 aliphatic carbocycles. The molecule has 7 heteroatoms. The molecule has 0 radical (unpaired) electrons. The van der Waals surface area contributed by atoms with Crippen molar-refractivity contribution in [1.29, 1.82) is 0 Å². The van der Waals surface area contributed by atoms with Crippen LogP contribution in [0.3, 0.4) is 0 Å². The van der Waals surface area contributed by atoms with E-state index in [4.69, 9.17) is 23.2 Å². The van der Waals surface area contributed by atoms with Crippen molar-refractivity contribution in [2.75, 3.05) is 26.0 Å². The zero-order chi connectivity index (χ0) is 14.4. The molecule has 1 N–H and O–H groups in total. The van der Waals surface area contributed by atoms with Gasteiger partial charge in [0.1, 0.15) is 0 Å². The lowest BCUT2D eigenvalue weighted by Gasteiger charge is -2.17. The van der Waals surface area contributed by atoms with Crippen LogP contribution in [-0.4, -0.2) is 37.6 Å². The molecule has 5 nitrogen and oxygen atoms in total. The van der Waals surface area contributed by atoms with Crippen molar-refractivity contribution in [3.63, 3.8) is 0 Å². The number of benzene rings is 1. The minimum absolute atomic E-state index is 0.129. The van der Waals surface area contributed by atoms with Gasteiger partial charge in [-0.1, -0.05) is 23.2 Å². The van der Waals surface area contributed by atoms with Gasteiger partial charge in [0.05, 0.1) is 24.2 Å². The van der Waals surface area contributed by atoms with Crippen LogP contribution in [0.5, 0.6) is 0 Å².